The monoisotopic (exact) mass is 343 g/mol. The molecule has 0 bridgehead atoms. The number of hydrogen-bond acceptors (Lipinski definition) is 4. The van der Waals surface area contributed by atoms with Gasteiger partial charge in [0.25, 0.3) is 0 Å². The fourth-order valence-electron chi connectivity index (χ4n) is 2.48. The number of nitrogens with one attached hydrogen (secondary N) is 1. The number of fused-ring (bicyclic) bond motifs is 1. The first-order valence-electron chi connectivity index (χ1n) is 7.18. The minimum atomic E-state index is -0.565. The van der Waals surface area contributed by atoms with Gasteiger partial charge in [0, 0.05) is 17.9 Å². The first-order valence-corrected chi connectivity index (χ1v) is 7.56. The van der Waals surface area contributed by atoms with Gasteiger partial charge in [0.2, 0.25) is 5.91 Å². The van der Waals surface area contributed by atoms with Crippen LogP contribution < -0.4 is 5.32 Å². The van der Waals surface area contributed by atoms with Crippen molar-refractivity contribution in [2.24, 2.45) is 0 Å². The van der Waals surface area contributed by atoms with E-state index in [1.807, 2.05) is 30.3 Å². The Balaban J connectivity index is 2.30. The van der Waals surface area contributed by atoms with Crippen LogP contribution in [0.1, 0.15) is 17.3 Å². The van der Waals surface area contributed by atoms with Gasteiger partial charge < -0.3 is 14.5 Å². The van der Waals surface area contributed by atoms with Gasteiger partial charge in [-0.25, -0.2) is 4.79 Å². The number of halogens is 1. The Kier molecular flexibility index (Phi) is 4.27. The third-order valence-electron chi connectivity index (χ3n) is 3.52. The average Bonchev–Trinajstić information content (AvgIpc) is 3.02. The Morgan fingerprint density at radius 2 is 1.88 bits per heavy atom. The van der Waals surface area contributed by atoms with Gasteiger partial charge in [0.05, 0.1) is 17.8 Å². The molecular weight excluding hydrogens is 330 g/mol. The van der Waals surface area contributed by atoms with Crippen LogP contribution in [0.15, 0.2) is 46.9 Å². The van der Waals surface area contributed by atoms with E-state index in [4.69, 9.17) is 20.8 Å². The van der Waals surface area contributed by atoms with Crippen LogP contribution in [0.2, 0.25) is 5.02 Å². The van der Waals surface area contributed by atoms with Crippen molar-refractivity contribution in [2.45, 2.75) is 6.92 Å². The van der Waals surface area contributed by atoms with E-state index in [1.54, 1.807) is 6.07 Å². The molecule has 0 aliphatic heterocycles. The van der Waals surface area contributed by atoms with E-state index in [0.717, 1.165) is 5.56 Å². The van der Waals surface area contributed by atoms with E-state index < -0.39 is 5.97 Å². The van der Waals surface area contributed by atoms with E-state index in [9.17, 15) is 9.59 Å². The summed E-state index contributed by atoms with van der Waals surface area (Å²) in [5.74, 6) is -0.277. The van der Waals surface area contributed by atoms with E-state index in [1.165, 1.54) is 20.1 Å². The maximum atomic E-state index is 12.0. The number of anilines is 1. The molecular formula is C18H14ClNO4. The molecule has 0 radical (unpaired) electrons. The van der Waals surface area contributed by atoms with Crippen LogP contribution in [0.25, 0.3) is 22.3 Å². The zero-order chi connectivity index (χ0) is 17.3. The summed E-state index contributed by atoms with van der Waals surface area (Å²) in [6.45, 7) is 1.38. The minimum absolute atomic E-state index is 0.203. The van der Waals surface area contributed by atoms with Gasteiger partial charge in [-0.3, -0.25) is 4.79 Å². The summed E-state index contributed by atoms with van der Waals surface area (Å²) in [5.41, 5.74) is 1.76. The predicted molar refractivity (Wildman–Crippen MR) is 92.3 cm³/mol. The molecule has 3 rings (SSSR count). The van der Waals surface area contributed by atoms with Gasteiger partial charge in [-0.2, -0.15) is 0 Å². The maximum absolute atomic E-state index is 12.0. The Morgan fingerprint density at radius 1 is 1.17 bits per heavy atom. The number of carbonyl (C=O) groups excluding carboxylic acids is 2. The lowest BCUT2D eigenvalue weighted by atomic mass is 10.1. The van der Waals surface area contributed by atoms with Crippen molar-refractivity contribution in [1.29, 1.82) is 0 Å². The van der Waals surface area contributed by atoms with E-state index in [2.05, 4.69) is 5.32 Å². The van der Waals surface area contributed by atoms with Crippen molar-refractivity contribution in [3.8, 4) is 11.3 Å². The first-order chi connectivity index (χ1) is 11.5. The molecule has 0 saturated carbocycles. The summed E-state index contributed by atoms with van der Waals surface area (Å²) in [4.78, 5) is 23.5. The summed E-state index contributed by atoms with van der Waals surface area (Å²) in [6.07, 6.45) is 0. The minimum Gasteiger partial charge on any atom is -0.465 e. The van der Waals surface area contributed by atoms with Gasteiger partial charge in [0.15, 0.2) is 5.58 Å². The van der Waals surface area contributed by atoms with Crippen LogP contribution in [0.3, 0.4) is 0 Å². The molecule has 1 aromatic heterocycles. The Hall–Kier alpha value is -2.79. The molecule has 1 heterocycles. The molecule has 0 saturated heterocycles. The number of benzene rings is 2. The molecule has 0 atom stereocenters. The van der Waals surface area contributed by atoms with Crippen molar-refractivity contribution in [3.05, 3.63) is 53.1 Å². The smallest absolute Gasteiger partial charge is 0.341 e. The molecule has 3 aromatic rings. The molecule has 2 aromatic carbocycles. The Labute approximate surface area is 143 Å². The average molecular weight is 344 g/mol. The molecule has 0 aliphatic rings. The first kappa shape index (κ1) is 16.1. The number of carbonyl (C=O) groups is 2. The van der Waals surface area contributed by atoms with Gasteiger partial charge in [-0.15, -0.1) is 0 Å². The van der Waals surface area contributed by atoms with Crippen LogP contribution in [0.5, 0.6) is 0 Å². The molecule has 0 fully saturated rings. The number of furan rings is 1. The summed E-state index contributed by atoms with van der Waals surface area (Å²) >= 11 is 6.24. The van der Waals surface area contributed by atoms with E-state index in [0.29, 0.717) is 22.4 Å². The van der Waals surface area contributed by atoms with Crippen molar-refractivity contribution in [3.63, 3.8) is 0 Å². The zero-order valence-corrected chi connectivity index (χ0v) is 13.8. The van der Waals surface area contributed by atoms with Crippen LogP contribution in [-0.2, 0) is 9.53 Å². The second kappa shape index (κ2) is 6.37. The Morgan fingerprint density at radius 3 is 2.50 bits per heavy atom. The van der Waals surface area contributed by atoms with Crippen LogP contribution in [0, 0.1) is 0 Å². The third-order valence-corrected chi connectivity index (χ3v) is 3.82. The SMILES string of the molecule is COC(=O)c1cc(Cl)c(NC(C)=O)c2cc(-c3ccccc3)oc12. The molecule has 0 spiro atoms. The highest BCUT2D eigenvalue weighted by atomic mass is 35.5. The van der Waals surface area contributed by atoms with Crippen molar-refractivity contribution >= 4 is 40.1 Å². The molecule has 1 N–H and O–H groups in total. The molecule has 1 amide bonds. The number of amides is 1. The maximum Gasteiger partial charge on any atom is 0.341 e. The summed E-state index contributed by atoms with van der Waals surface area (Å²) in [7, 11) is 1.28. The van der Waals surface area contributed by atoms with E-state index >= 15 is 0 Å². The van der Waals surface area contributed by atoms with Crippen LogP contribution >= 0.6 is 11.6 Å². The normalized spacial score (nSPS) is 10.6. The molecule has 0 unspecified atom stereocenters. The Bertz CT molecular complexity index is 931. The second-order valence-corrected chi connectivity index (χ2v) is 5.58. The van der Waals surface area contributed by atoms with Crippen LogP contribution in [-0.4, -0.2) is 19.0 Å². The summed E-state index contributed by atoms with van der Waals surface area (Å²) in [6, 6.07) is 12.6. The molecule has 6 heteroatoms. The van der Waals surface area contributed by atoms with Gasteiger partial charge >= 0.3 is 5.97 Å². The summed E-state index contributed by atoms with van der Waals surface area (Å²) < 4.78 is 10.7. The number of hydrogen-bond donors (Lipinski definition) is 1. The fourth-order valence-corrected chi connectivity index (χ4v) is 2.74. The number of methoxy groups -OCH3 is 1. The largest absolute Gasteiger partial charge is 0.465 e. The number of rotatable bonds is 3. The lowest BCUT2D eigenvalue weighted by molar-refractivity contribution is -0.114. The molecule has 24 heavy (non-hydrogen) atoms. The predicted octanol–water partition coefficient (Wildman–Crippen LogP) is 4.50. The lowest BCUT2D eigenvalue weighted by Gasteiger charge is -2.08. The van der Waals surface area contributed by atoms with E-state index in [-0.39, 0.29) is 16.5 Å². The highest BCUT2D eigenvalue weighted by molar-refractivity contribution is 6.36. The van der Waals surface area contributed by atoms with Crippen LogP contribution in [0.4, 0.5) is 5.69 Å². The van der Waals surface area contributed by atoms with Gasteiger partial charge in [-0.1, -0.05) is 41.9 Å². The lowest BCUT2D eigenvalue weighted by Crippen LogP contribution is -2.08. The van der Waals surface area contributed by atoms with Crippen molar-refractivity contribution in [1.82, 2.24) is 0 Å². The highest BCUT2D eigenvalue weighted by Crippen LogP contribution is 2.39. The highest BCUT2D eigenvalue weighted by Gasteiger charge is 2.21. The van der Waals surface area contributed by atoms with Crippen molar-refractivity contribution in [2.75, 3.05) is 12.4 Å². The molecule has 0 aliphatic carbocycles. The molecule has 5 nitrogen and oxygen atoms in total. The summed E-state index contributed by atoms with van der Waals surface area (Å²) in [5, 5.41) is 3.46. The second-order valence-electron chi connectivity index (χ2n) is 5.17. The molecule has 122 valence electrons. The number of ether oxygens (including phenoxy) is 1. The van der Waals surface area contributed by atoms with Crippen molar-refractivity contribution < 1.29 is 18.7 Å². The fraction of sp³-hybridized carbons (Fsp3) is 0.111. The van der Waals surface area contributed by atoms with Gasteiger partial charge in [0.1, 0.15) is 11.3 Å². The third kappa shape index (κ3) is 2.86. The standard InChI is InChI=1S/C18H14ClNO4/c1-10(21)20-16-12-9-15(11-6-4-3-5-7-11)24-17(12)13(8-14(16)19)18(22)23-2/h3-9H,1-2H3,(H,20,21). The number of esters is 1. The quantitative estimate of drug-likeness (QED) is 0.711. The zero-order valence-electron chi connectivity index (χ0n) is 13.1. The topological polar surface area (TPSA) is 68.5 Å². The van der Waals surface area contributed by atoms with Gasteiger partial charge in [-0.05, 0) is 12.1 Å².